The number of carbonyl (C=O) groups is 1. The van der Waals surface area contributed by atoms with Crippen molar-refractivity contribution in [2.45, 2.75) is 63.7 Å². The van der Waals surface area contributed by atoms with Gasteiger partial charge in [-0.15, -0.1) is 0 Å². The zero-order valence-corrected chi connectivity index (χ0v) is 15.3. The first-order valence-corrected chi connectivity index (χ1v) is 8.98. The summed E-state index contributed by atoms with van der Waals surface area (Å²) in [6.07, 6.45) is 4.29. The summed E-state index contributed by atoms with van der Waals surface area (Å²) in [5.41, 5.74) is 5.65. The van der Waals surface area contributed by atoms with Gasteiger partial charge in [-0.3, -0.25) is 0 Å². The lowest BCUT2D eigenvalue weighted by atomic mass is 9.62. The van der Waals surface area contributed by atoms with E-state index in [0.717, 1.165) is 18.3 Å². The van der Waals surface area contributed by atoms with E-state index < -0.39 is 0 Å². The Labute approximate surface area is 146 Å². The summed E-state index contributed by atoms with van der Waals surface area (Å²) < 4.78 is 0. The van der Waals surface area contributed by atoms with Crippen molar-refractivity contribution < 1.29 is 4.79 Å². The van der Waals surface area contributed by atoms with Crippen molar-refractivity contribution in [2.24, 2.45) is 0 Å². The average molecular weight is 320 g/mol. The van der Waals surface area contributed by atoms with Crippen LogP contribution in [0.15, 0.2) is 48.5 Å². The van der Waals surface area contributed by atoms with Gasteiger partial charge in [-0.2, -0.15) is 0 Å². The molecule has 126 valence electrons. The summed E-state index contributed by atoms with van der Waals surface area (Å²) >= 11 is 0. The Hall–Kier alpha value is -1.89. The second kappa shape index (κ2) is 6.20. The molecule has 24 heavy (non-hydrogen) atoms. The maximum absolute atomic E-state index is 11.8. The minimum absolute atomic E-state index is 0.0708. The molecule has 1 heteroatoms. The standard InChI is InChI=1S/C23H28O/c1-22(2)12-13-23(3,4)21-15-18(10-11-20(21)22)19(16-24)14-17-8-6-5-7-9-17/h5-11,15-16,19H,12-14H2,1-4H3. The predicted molar refractivity (Wildman–Crippen MR) is 101 cm³/mol. The molecule has 2 aromatic rings. The normalized spacial score (nSPS) is 19.3. The van der Waals surface area contributed by atoms with Gasteiger partial charge >= 0.3 is 0 Å². The number of carbonyl (C=O) groups excluding carboxylic acids is 1. The van der Waals surface area contributed by atoms with Crippen molar-refractivity contribution in [3.8, 4) is 0 Å². The maximum atomic E-state index is 11.8. The Balaban J connectivity index is 1.98. The summed E-state index contributed by atoms with van der Waals surface area (Å²) in [6, 6.07) is 17.0. The molecule has 2 aromatic carbocycles. The van der Waals surface area contributed by atoms with E-state index in [-0.39, 0.29) is 16.7 Å². The van der Waals surface area contributed by atoms with Gasteiger partial charge in [0.05, 0.1) is 0 Å². The minimum Gasteiger partial charge on any atom is -0.303 e. The topological polar surface area (TPSA) is 17.1 Å². The van der Waals surface area contributed by atoms with Crippen LogP contribution in [0.3, 0.4) is 0 Å². The van der Waals surface area contributed by atoms with Gasteiger partial charge < -0.3 is 4.79 Å². The Morgan fingerprint density at radius 3 is 2.17 bits per heavy atom. The van der Waals surface area contributed by atoms with Crippen molar-refractivity contribution in [3.63, 3.8) is 0 Å². The molecular formula is C23H28O. The highest BCUT2D eigenvalue weighted by Gasteiger charge is 2.37. The molecule has 0 heterocycles. The smallest absolute Gasteiger partial charge is 0.127 e. The van der Waals surface area contributed by atoms with Crippen molar-refractivity contribution in [2.75, 3.05) is 0 Å². The average Bonchev–Trinajstić information content (AvgIpc) is 2.57. The fourth-order valence-corrected chi connectivity index (χ4v) is 3.95. The van der Waals surface area contributed by atoms with Crippen molar-refractivity contribution in [1.82, 2.24) is 0 Å². The molecule has 1 atom stereocenters. The van der Waals surface area contributed by atoms with Crippen LogP contribution in [0.1, 0.15) is 68.7 Å². The van der Waals surface area contributed by atoms with Gasteiger partial charge in [0.25, 0.3) is 0 Å². The summed E-state index contributed by atoms with van der Waals surface area (Å²) in [5, 5.41) is 0. The maximum Gasteiger partial charge on any atom is 0.127 e. The predicted octanol–water partition coefficient (Wildman–Crippen LogP) is 5.56. The molecule has 0 bridgehead atoms. The number of hydrogen-bond acceptors (Lipinski definition) is 1. The third kappa shape index (κ3) is 3.17. The van der Waals surface area contributed by atoms with Crippen molar-refractivity contribution in [1.29, 1.82) is 0 Å². The Bertz CT molecular complexity index is 725. The van der Waals surface area contributed by atoms with E-state index in [9.17, 15) is 4.79 Å². The zero-order chi connectivity index (χ0) is 17.4. The number of hydrogen-bond donors (Lipinski definition) is 0. The quantitative estimate of drug-likeness (QED) is 0.674. The molecule has 1 aliphatic carbocycles. The van der Waals surface area contributed by atoms with Gasteiger partial charge in [-0.1, -0.05) is 76.2 Å². The molecule has 0 fully saturated rings. The lowest BCUT2D eigenvalue weighted by Crippen LogP contribution is -2.34. The highest BCUT2D eigenvalue weighted by atomic mass is 16.1. The summed E-state index contributed by atoms with van der Waals surface area (Å²) in [4.78, 5) is 11.8. The Morgan fingerprint density at radius 2 is 1.54 bits per heavy atom. The summed E-state index contributed by atoms with van der Waals surface area (Å²) in [6.45, 7) is 9.33. The first-order chi connectivity index (χ1) is 11.3. The molecule has 0 N–H and O–H groups in total. The SMILES string of the molecule is CC1(C)CCC(C)(C)c2cc(C(C=O)Cc3ccccc3)ccc21. The van der Waals surface area contributed by atoms with Crippen LogP contribution in [0.4, 0.5) is 0 Å². The summed E-state index contributed by atoms with van der Waals surface area (Å²) in [5.74, 6) is -0.0708. The third-order valence-electron chi connectivity index (χ3n) is 5.77. The largest absolute Gasteiger partial charge is 0.303 e. The van der Waals surface area contributed by atoms with Crippen LogP contribution in [0.2, 0.25) is 0 Å². The molecule has 0 saturated heterocycles. The fraction of sp³-hybridized carbons (Fsp3) is 0.435. The van der Waals surface area contributed by atoms with Crippen LogP contribution >= 0.6 is 0 Å². The fourth-order valence-electron chi connectivity index (χ4n) is 3.95. The van der Waals surface area contributed by atoms with Gasteiger partial charge in [-0.05, 0) is 52.3 Å². The van der Waals surface area contributed by atoms with Crippen LogP contribution in [0, 0.1) is 0 Å². The molecule has 1 unspecified atom stereocenters. The van der Waals surface area contributed by atoms with E-state index in [1.165, 1.54) is 29.5 Å². The van der Waals surface area contributed by atoms with Crippen molar-refractivity contribution in [3.05, 3.63) is 70.8 Å². The number of rotatable bonds is 4. The lowest BCUT2D eigenvalue weighted by Gasteiger charge is -2.42. The molecular weight excluding hydrogens is 292 g/mol. The van der Waals surface area contributed by atoms with Gasteiger partial charge in [0.15, 0.2) is 0 Å². The molecule has 1 aliphatic rings. The highest BCUT2D eigenvalue weighted by Crippen LogP contribution is 2.46. The zero-order valence-electron chi connectivity index (χ0n) is 15.3. The summed E-state index contributed by atoms with van der Waals surface area (Å²) in [7, 11) is 0. The van der Waals surface area contributed by atoms with E-state index in [1.54, 1.807) is 0 Å². The number of aldehydes is 1. The van der Waals surface area contributed by atoms with E-state index in [0.29, 0.717) is 0 Å². The molecule has 1 nitrogen and oxygen atoms in total. The van der Waals surface area contributed by atoms with E-state index >= 15 is 0 Å². The molecule has 0 radical (unpaired) electrons. The van der Waals surface area contributed by atoms with Gasteiger partial charge in [0, 0.05) is 5.92 Å². The first-order valence-electron chi connectivity index (χ1n) is 8.98. The van der Waals surface area contributed by atoms with Gasteiger partial charge in [0.1, 0.15) is 6.29 Å². The minimum atomic E-state index is -0.0708. The number of fused-ring (bicyclic) bond motifs is 1. The van der Waals surface area contributed by atoms with Gasteiger partial charge in [0.2, 0.25) is 0 Å². The van der Waals surface area contributed by atoms with Crippen LogP contribution < -0.4 is 0 Å². The van der Waals surface area contributed by atoms with Crippen LogP contribution in [0.5, 0.6) is 0 Å². The van der Waals surface area contributed by atoms with E-state index in [1.807, 2.05) is 18.2 Å². The molecule has 0 aromatic heterocycles. The van der Waals surface area contributed by atoms with Crippen LogP contribution in [-0.2, 0) is 22.0 Å². The second-order valence-electron chi connectivity index (χ2n) is 8.51. The molecule has 0 saturated carbocycles. The number of benzene rings is 2. The monoisotopic (exact) mass is 320 g/mol. The molecule has 3 rings (SSSR count). The lowest BCUT2D eigenvalue weighted by molar-refractivity contribution is -0.109. The molecule has 0 spiro atoms. The first kappa shape index (κ1) is 17.0. The highest BCUT2D eigenvalue weighted by molar-refractivity contribution is 5.64. The molecule has 0 aliphatic heterocycles. The van der Waals surface area contributed by atoms with E-state index in [2.05, 4.69) is 58.0 Å². The van der Waals surface area contributed by atoms with Gasteiger partial charge in [-0.25, -0.2) is 0 Å². The van der Waals surface area contributed by atoms with Crippen molar-refractivity contribution >= 4 is 6.29 Å². The van der Waals surface area contributed by atoms with E-state index in [4.69, 9.17) is 0 Å². The third-order valence-corrected chi connectivity index (χ3v) is 5.77. The Morgan fingerprint density at radius 1 is 0.917 bits per heavy atom. The second-order valence-corrected chi connectivity index (χ2v) is 8.51. The van der Waals surface area contributed by atoms with Crippen LogP contribution in [-0.4, -0.2) is 6.29 Å². The Kier molecular flexibility index (Phi) is 4.38. The molecule has 0 amide bonds. The van der Waals surface area contributed by atoms with Crippen LogP contribution in [0.25, 0.3) is 0 Å².